The monoisotopic (exact) mass is 760 g/mol. The first-order valence-corrected chi connectivity index (χ1v) is 20.4. The Morgan fingerprint density at radius 1 is 0.373 bits per heavy atom. The fraction of sp³-hybridized carbons (Fsp3) is 0.0909. The van der Waals surface area contributed by atoms with E-state index in [0.717, 1.165) is 68.2 Å². The zero-order valence-electron chi connectivity index (χ0n) is 33.4. The van der Waals surface area contributed by atoms with Crippen LogP contribution in [0, 0.1) is 13.8 Å². The van der Waals surface area contributed by atoms with Gasteiger partial charge in [-0.15, -0.1) is 0 Å². The lowest BCUT2D eigenvalue weighted by molar-refractivity contribution is 0.477. The summed E-state index contributed by atoms with van der Waals surface area (Å²) in [5, 5.41) is 5.22. The molecule has 12 rings (SSSR count). The molecule has 9 aromatic rings. The van der Waals surface area contributed by atoms with Gasteiger partial charge in [-0.1, -0.05) is 97.8 Å². The van der Waals surface area contributed by atoms with Gasteiger partial charge in [0.25, 0.3) is 0 Å². The first-order chi connectivity index (χ1) is 28.8. The fourth-order valence-corrected chi connectivity index (χ4v) is 9.61. The molecule has 0 aromatic heterocycles. The fourth-order valence-electron chi connectivity index (χ4n) is 9.61. The minimum absolute atomic E-state index is 0.218. The minimum Gasteiger partial charge on any atom is -0.453 e. The van der Waals surface area contributed by atoms with Crippen molar-refractivity contribution in [3.8, 4) is 45.3 Å². The largest absolute Gasteiger partial charge is 0.453 e. The summed E-state index contributed by atoms with van der Waals surface area (Å²) in [6.07, 6.45) is 0. The Kier molecular flexibility index (Phi) is 7.08. The number of hydrogen-bond donors (Lipinski definition) is 0. The van der Waals surface area contributed by atoms with Gasteiger partial charge >= 0.3 is 0 Å². The van der Waals surface area contributed by atoms with Crippen molar-refractivity contribution in [3.63, 3.8) is 0 Å². The Morgan fingerprint density at radius 3 is 1.22 bits per heavy atom. The molecule has 0 radical (unpaired) electrons. The van der Waals surface area contributed by atoms with Crippen molar-refractivity contribution in [2.75, 3.05) is 9.80 Å². The molecule has 2 heterocycles. The van der Waals surface area contributed by atoms with Crippen molar-refractivity contribution in [1.82, 2.24) is 0 Å². The normalized spacial score (nSPS) is 14.1. The van der Waals surface area contributed by atoms with Gasteiger partial charge in [-0.25, -0.2) is 0 Å². The summed E-state index contributed by atoms with van der Waals surface area (Å²) < 4.78 is 13.3. The summed E-state index contributed by atoms with van der Waals surface area (Å²) >= 11 is 0. The molecule has 0 saturated heterocycles. The molecule has 0 saturated carbocycles. The second-order valence-electron chi connectivity index (χ2n) is 16.8. The smallest absolute Gasteiger partial charge is 0.152 e. The van der Waals surface area contributed by atoms with Gasteiger partial charge in [-0.2, -0.15) is 0 Å². The minimum atomic E-state index is -0.218. The van der Waals surface area contributed by atoms with Crippen LogP contribution in [0.15, 0.2) is 170 Å². The lowest BCUT2D eigenvalue weighted by Gasteiger charge is -2.33. The molecule has 0 amide bonds. The first kappa shape index (κ1) is 33.8. The number of benzene rings is 9. The third kappa shape index (κ3) is 5.09. The number of fused-ring (bicyclic) bond motifs is 4. The standard InChI is InChI=1S/C55H40N2O2/c1-33-13-21-41(22-14-33)56-45-9-5-7-11-49(45)58-51-31-35(19-25-47(51)56)39-27-37-17-18-38-28-40(30-44-54(38)53(37)43(29-39)55(44,3)4)36-20-26-48-52(32-36)59-50-12-8-6-10-46(50)57(48)42-23-15-34(2)16-24-42/h5-32H,1-4H3. The van der Waals surface area contributed by atoms with Crippen molar-refractivity contribution >= 4 is 55.7 Å². The molecule has 0 bridgehead atoms. The number of rotatable bonds is 4. The van der Waals surface area contributed by atoms with E-state index in [1.54, 1.807) is 0 Å². The van der Waals surface area contributed by atoms with Crippen LogP contribution >= 0.6 is 0 Å². The highest BCUT2D eigenvalue weighted by atomic mass is 16.5. The van der Waals surface area contributed by atoms with E-state index in [0.29, 0.717) is 0 Å². The number of hydrogen-bond acceptors (Lipinski definition) is 4. The van der Waals surface area contributed by atoms with Crippen molar-refractivity contribution in [2.45, 2.75) is 33.1 Å². The molecule has 282 valence electrons. The first-order valence-electron chi connectivity index (χ1n) is 20.4. The molecule has 0 spiro atoms. The van der Waals surface area contributed by atoms with Crippen LogP contribution in [0.25, 0.3) is 43.8 Å². The van der Waals surface area contributed by atoms with Gasteiger partial charge in [0.1, 0.15) is 0 Å². The summed E-state index contributed by atoms with van der Waals surface area (Å²) in [6.45, 7) is 9.01. The van der Waals surface area contributed by atoms with Gasteiger partial charge in [0.05, 0.1) is 22.7 Å². The third-order valence-corrected chi connectivity index (χ3v) is 12.7. The average molecular weight is 761 g/mol. The number of anilines is 6. The van der Waals surface area contributed by atoms with Crippen LogP contribution in [0.3, 0.4) is 0 Å². The maximum atomic E-state index is 6.64. The maximum Gasteiger partial charge on any atom is 0.152 e. The van der Waals surface area contributed by atoms with E-state index in [1.165, 1.54) is 54.9 Å². The summed E-state index contributed by atoms with van der Waals surface area (Å²) in [7, 11) is 0. The Bertz CT molecular complexity index is 3000. The van der Waals surface area contributed by atoms with Crippen LogP contribution in [0.1, 0.15) is 36.1 Å². The summed E-state index contributed by atoms with van der Waals surface area (Å²) in [5.41, 5.74) is 16.0. The van der Waals surface area contributed by atoms with E-state index < -0.39 is 0 Å². The summed E-state index contributed by atoms with van der Waals surface area (Å²) in [5.74, 6) is 3.40. The highest BCUT2D eigenvalue weighted by Gasteiger charge is 2.36. The van der Waals surface area contributed by atoms with E-state index >= 15 is 0 Å². The molecule has 1 aliphatic carbocycles. The van der Waals surface area contributed by atoms with Crippen molar-refractivity contribution in [3.05, 3.63) is 192 Å². The molecule has 3 aliphatic rings. The highest BCUT2D eigenvalue weighted by molar-refractivity contribution is 6.16. The Balaban J connectivity index is 0.934. The van der Waals surface area contributed by atoms with Crippen LogP contribution in [-0.2, 0) is 5.41 Å². The predicted octanol–water partition coefficient (Wildman–Crippen LogP) is 15.7. The summed E-state index contributed by atoms with van der Waals surface area (Å²) in [6, 6.07) is 61.5. The Morgan fingerprint density at radius 2 is 0.780 bits per heavy atom. The van der Waals surface area contributed by atoms with Crippen LogP contribution in [-0.4, -0.2) is 0 Å². The third-order valence-electron chi connectivity index (χ3n) is 12.7. The molecular weight excluding hydrogens is 721 g/mol. The zero-order chi connectivity index (χ0) is 39.6. The van der Waals surface area contributed by atoms with Gasteiger partial charge in [0.2, 0.25) is 0 Å². The Labute approximate surface area is 344 Å². The van der Waals surface area contributed by atoms with Gasteiger partial charge in [0.15, 0.2) is 23.0 Å². The summed E-state index contributed by atoms with van der Waals surface area (Å²) in [4.78, 5) is 4.61. The molecule has 59 heavy (non-hydrogen) atoms. The molecule has 4 heteroatoms. The average Bonchev–Trinajstić information content (AvgIpc) is 3.50. The number of nitrogens with zero attached hydrogens (tertiary/aromatic N) is 2. The van der Waals surface area contributed by atoms with E-state index in [2.05, 4.69) is 195 Å². The molecule has 2 aliphatic heterocycles. The number of para-hydroxylation sites is 4. The highest BCUT2D eigenvalue weighted by Crippen LogP contribution is 2.55. The second-order valence-corrected chi connectivity index (χ2v) is 16.8. The molecule has 0 fully saturated rings. The van der Waals surface area contributed by atoms with Gasteiger partial charge in [-0.3, -0.25) is 0 Å². The number of ether oxygens (including phenoxy) is 2. The van der Waals surface area contributed by atoms with E-state index in [9.17, 15) is 0 Å². The molecule has 0 N–H and O–H groups in total. The molecule has 9 aromatic carbocycles. The van der Waals surface area contributed by atoms with Gasteiger partial charge < -0.3 is 19.3 Å². The maximum absolute atomic E-state index is 6.64. The number of aryl methyl sites for hydroxylation is 2. The molecule has 4 nitrogen and oxygen atoms in total. The lowest BCUT2D eigenvalue weighted by atomic mass is 9.80. The zero-order valence-corrected chi connectivity index (χ0v) is 33.4. The van der Waals surface area contributed by atoms with E-state index in [1.807, 2.05) is 12.1 Å². The lowest BCUT2D eigenvalue weighted by Crippen LogP contribution is -2.16. The second kappa shape index (κ2) is 12.3. The van der Waals surface area contributed by atoms with Crippen molar-refractivity contribution in [2.24, 2.45) is 0 Å². The van der Waals surface area contributed by atoms with Crippen LogP contribution < -0.4 is 19.3 Å². The van der Waals surface area contributed by atoms with Gasteiger partial charge in [-0.05, 0) is 166 Å². The van der Waals surface area contributed by atoms with Crippen molar-refractivity contribution < 1.29 is 9.47 Å². The van der Waals surface area contributed by atoms with Crippen LogP contribution in [0.4, 0.5) is 34.1 Å². The van der Waals surface area contributed by atoms with Crippen LogP contribution in [0.5, 0.6) is 23.0 Å². The van der Waals surface area contributed by atoms with Gasteiger partial charge in [0, 0.05) is 16.8 Å². The quantitative estimate of drug-likeness (QED) is 0.167. The molecular formula is C55H40N2O2. The SMILES string of the molecule is Cc1ccc(N2c3ccccc3Oc3cc(-c4cc5c6c(ccc7cc(-c8ccc9c(c8)Oc8ccccc8N9c8ccc(C)cc8)cc(c76)C5(C)C)c4)ccc32)cc1. The van der Waals surface area contributed by atoms with E-state index in [4.69, 9.17) is 9.47 Å². The van der Waals surface area contributed by atoms with E-state index in [-0.39, 0.29) is 5.41 Å². The van der Waals surface area contributed by atoms with Crippen molar-refractivity contribution in [1.29, 1.82) is 0 Å². The molecule has 0 unspecified atom stereocenters. The predicted molar refractivity (Wildman–Crippen MR) is 243 cm³/mol. The topological polar surface area (TPSA) is 24.9 Å². The molecule has 0 atom stereocenters. The Hall–Kier alpha value is -7.30. The van der Waals surface area contributed by atoms with Crippen LogP contribution in [0.2, 0.25) is 0 Å².